The van der Waals surface area contributed by atoms with Crippen molar-refractivity contribution in [2.45, 2.75) is 6.92 Å². The molecule has 1 aromatic heterocycles. The molecule has 30 heavy (non-hydrogen) atoms. The molecule has 150 valence electrons. The molecule has 0 unspecified atom stereocenters. The van der Waals surface area contributed by atoms with Gasteiger partial charge in [-0.05, 0) is 19.1 Å². The number of aromatic nitrogens is 2. The van der Waals surface area contributed by atoms with Gasteiger partial charge < -0.3 is 9.47 Å². The molecule has 0 aliphatic rings. The first-order chi connectivity index (χ1) is 14.8. The van der Waals surface area contributed by atoms with Crippen molar-refractivity contribution in [2.24, 2.45) is 0 Å². The highest BCUT2D eigenvalue weighted by atomic mass is 16.6. The van der Waals surface area contributed by atoms with Gasteiger partial charge in [0.15, 0.2) is 6.61 Å². The Morgan fingerprint density at radius 2 is 1.40 bits per heavy atom. The Bertz CT molecular complexity index is 1110. The maximum absolute atomic E-state index is 11.9. The molecule has 0 aliphatic heterocycles. The van der Waals surface area contributed by atoms with Gasteiger partial charge in [-0.1, -0.05) is 78.9 Å². The first-order valence-corrected chi connectivity index (χ1v) is 9.85. The number of hydrogen-bond acceptors (Lipinski definition) is 4. The maximum atomic E-state index is 11.9. The molecule has 0 radical (unpaired) electrons. The van der Waals surface area contributed by atoms with E-state index in [1.54, 1.807) is 6.92 Å². The molecule has 0 aliphatic carbocycles. The molecular weight excluding hydrogens is 376 g/mol. The van der Waals surface area contributed by atoms with Gasteiger partial charge in [0.1, 0.15) is 5.69 Å². The van der Waals surface area contributed by atoms with Gasteiger partial charge in [-0.15, -0.1) is 0 Å². The van der Waals surface area contributed by atoms with E-state index < -0.39 is 5.97 Å². The molecular formula is C25H22N2O3. The van der Waals surface area contributed by atoms with Gasteiger partial charge in [-0.3, -0.25) is 4.57 Å². The van der Waals surface area contributed by atoms with Gasteiger partial charge in [0.05, 0.1) is 18.0 Å². The number of para-hydroxylation sites is 1. The van der Waals surface area contributed by atoms with Crippen LogP contribution in [0.15, 0.2) is 91.0 Å². The summed E-state index contributed by atoms with van der Waals surface area (Å²) in [6, 6.07) is 30.2. The molecule has 0 amide bonds. The van der Waals surface area contributed by atoms with E-state index in [0.717, 1.165) is 28.2 Å². The third-order valence-electron chi connectivity index (χ3n) is 4.58. The molecule has 0 fully saturated rings. The molecule has 0 atom stereocenters. The average molecular weight is 398 g/mol. The Labute approximate surface area is 175 Å². The molecule has 5 heteroatoms. The van der Waals surface area contributed by atoms with E-state index in [9.17, 15) is 4.79 Å². The molecule has 1 heterocycles. The summed E-state index contributed by atoms with van der Waals surface area (Å²) in [6.45, 7) is 1.86. The highest BCUT2D eigenvalue weighted by molar-refractivity contribution is 5.81. The van der Waals surface area contributed by atoms with Crippen molar-refractivity contribution in [1.29, 1.82) is 0 Å². The highest BCUT2D eigenvalue weighted by Crippen LogP contribution is 2.37. The summed E-state index contributed by atoms with van der Waals surface area (Å²) >= 11 is 0. The van der Waals surface area contributed by atoms with E-state index in [4.69, 9.17) is 14.5 Å². The van der Waals surface area contributed by atoms with Gasteiger partial charge in [0.2, 0.25) is 0 Å². The molecule has 5 nitrogen and oxygen atoms in total. The van der Waals surface area contributed by atoms with E-state index in [1.807, 2.05) is 95.6 Å². The fourth-order valence-corrected chi connectivity index (χ4v) is 3.30. The fourth-order valence-electron chi connectivity index (χ4n) is 3.30. The van der Waals surface area contributed by atoms with Gasteiger partial charge in [0, 0.05) is 11.1 Å². The van der Waals surface area contributed by atoms with Gasteiger partial charge in [-0.2, -0.15) is 4.98 Å². The molecule has 3 aromatic carbocycles. The predicted molar refractivity (Wildman–Crippen MR) is 117 cm³/mol. The van der Waals surface area contributed by atoms with Crippen molar-refractivity contribution in [3.8, 4) is 34.2 Å². The van der Waals surface area contributed by atoms with Crippen molar-refractivity contribution in [3.05, 3.63) is 91.0 Å². The minimum Gasteiger partial charge on any atom is -0.463 e. The van der Waals surface area contributed by atoms with E-state index in [0.29, 0.717) is 12.6 Å². The predicted octanol–water partition coefficient (Wildman–Crippen LogP) is 5.15. The monoisotopic (exact) mass is 398 g/mol. The van der Waals surface area contributed by atoms with Gasteiger partial charge in [0.25, 0.3) is 0 Å². The summed E-state index contributed by atoms with van der Waals surface area (Å²) in [5, 5.41) is 0. The number of nitrogens with zero attached hydrogens (tertiary/aromatic N) is 2. The van der Waals surface area contributed by atoms with E-state index >= 15 is 0 Å². The lowest BCUT2D eigenvalue weighted by Crippen LogP contribution is -2.16. The second kappa shape index (κ2) is 9.09. The van der Waals surface area contributed by atoms with Crippen molar-refractivity contribution >= 4 is 5.97 Å². The lowest BCUT2D eigenvalue weighted by molar-refractivity contribution is -0.145. The van der Waals surface area contributed by atoms with Gasteiger partial charge in [-0.25, -0.2) is 4.79 Å². The summed E-state index contributed by atoms with van der Waals surface area (Å²) in [5.41, 5.74) is 4.53. The maximum Gasteiger partial charge on any atom is 0.344 e. The van der Waals surface area contributed by atoms with Crippen molar-refractivity contribution in [3.63, 3.8) is 0 Å². The highest BCUT2D eigenvalue weighted by Gasteiger charge is 2.23. The number of benzene rings is 3. The second-order valence-electron chi connectivity index (χ2n) is 6.59. The van der Waals surface area contributed by atoms with Crippen LogP contribution in [0.3, 0.4) is 0 Å². The minimum atomic E-state index is -0.428. The standard InChI is InChI=1S/C25H22N2O3/c1-2-29-22(28)18-30-25-26-23(19-12-6-3-7-13-19)24(20-14-8-4-9-15-20)27(25)21-16-10-5-11-17-21/h3-17H,2,18H2,1H3. The Kier molecular flexibility index (Phi) is 5.90. The van der Waals surface area contributed by atoms with Crippen LogP contribution in [-0.4, -0.2) is 28.7 Å². The number of imidazole rings is 1. The molecule has 0 saturated carbocycles. The largest absolute Gasteiger partial charge is 0.463 e. The van der Waals surface area contributed by atoms with Crippen LogP contribution in [0.1, 0.15) is 6.92 Å². The second-order valence-corrected chi connectivity index (χ2v) is 6.59. The first-order valence-electron chi connectivity index (χ1n) is 9.85. The summed E-state index contributed by atoms with van der Waals surface area (Å²) in [5.74, 6) is -0.428. The quantitative estimate of drug-likeness (QED) is 0.404. The molecule has 0 spiro atoms. The van der Waals surface area contributed by atoms with Crippen LogP contribution < -0.4 is 4.74 Å². The summed E-state index contributed by atoms with van der Waals surface area (Å²) < 4.78 is 12.8. The van der Waals surface area contributed by atoms with Crippen LogP contribution >= 0.6 is 0 Å². The summed E-state index contributed by atoms with van der Waals surface area (Å²) in [6.07, 6.45) is 0. The molecule has 4 rings (SSSR count). The van der Waals surface area contributed by atoms with Gasteiger partial charge >= 0.3 is 12.0 Å². The van der Waals surface area contributed by atoms with E-state index in [1.165, 1.54) is 0 Å². The number of carbonyl (C=O) groups is 1. The molecule has 0 N–H and O–H groups in total. The van der Waals surface area contributed by atoms with Crippen LogP contribution in [-0.2, 0) is 9.53 Å². The lowest BCUT2D eigenvalue weighted by atomic mass is 10.0. The molecule has 4 aromatic rings. The smallest absolute Gasteiger partial charge is 0.344 e. The van der Waals surface area contributed by atoms with Crippen LogP contribution in [0.2, 0.25) is 0 Å². The Morgan fingerprint density at radius 3 is 2.00 bits per heavy atom. The number of ether oxygens (including phenoxy) is 2. The summed E-state index contributed by atoms with van der Waals surface area (Å²) in [7, 11) is 0. The zero-order chi connectivity index (χ0) is 20.8. The topological polar surface area (TPSA) is 53.4 Å². The molecule has 0 bridgehead atoms. The average Bonchev–Trinajstić information content (AvgIpc) is 3.19. The van der Waals surface area contributed by atoms with Crippen molar-refractivity contribution in [2.75, 3.05) is 13.2 Å². The van der Waals surface area contributed by atoms with Crippen LogP contribution in [0.25, 0.3) is 28.2 Å². The lowest BCUT2D eigenvalue weighted by Gasteiger charge is -2.13. The minimum absolute atomic E-state index is 0.208. The Morgan fingerprint density at radius 1 is 0.833 bits per heavy atom. The third-order valence-corrected chi connectivity index (χ3v) is 4.58. The zero-order valence-electron chi connectivity index (χ0n) is 16.7. The van der Waals surface area contributed by atoms with E-state index in [2.05, 4.69) is 0 Å². The van der Waals surface area contributed by atoms with Crippen molar-refractivity contribution < 1.29 is 14.3 Å². The van der Waals surface area contributed by atoms with E-state index in [-0.39, 0.29) is 6.61 Å². The SMILES string of the molecule is CCOC(=O)COc1nc(-c2ccccc2)c(-c2ccccc2)n1-c1ccccc1. The number of hydrogen-bond donors (Lipinski definition) is 0. The number of esters is 1. The molecule has 0 saturated heterocycles. The van der Waals surface area contributed by atoms with Crippen LogP contribution in [0.4, 0.5) is 0 Å². The van der Waals surface area contributed by atoms with Crippen LogP contribution in [0.5, 0.6) is 6.01 Å². The third kappa shape index (κ3) is 4.10. The Hall–Kier alpha value is -3.86. The van der Waals surface area contributed by atoms with Crippen LogP contribution in [0, 0.1) is 0 Å². The summed E-state index contributed by atoms with van der Waals surface area (Å²) in [4.78, 5) is 16.7. The Balaban J connectivity index is 1.91. The van der Waals surface area contributed by atoms with Crippen molar-refractivity contribution in [1.82, 2.24) is 9.55 Å². The first kappa shape index (κ1) is 19.5. The number of rotatable bonds is 7. The number of carbonyl (C=O) groups excluding carboxylic acids is 1. The zero-order valence-corrected chi connectivity index (χ0v) is 16.7. The normalized spacial score (nSPS) is 10.6. The fraction of sp³-hybridized carbons (Fsp3) is 0.120.